The molecule has 2 atom stereocenters. The third kappa shape index (κ3) is 1.96. The summed E-state index contributed by atoms with van der Waals surface area (Å²) >= 11 is 0. The summed E-state index contributed by atoms with van der Waals surface area (Å²) in [5.74, 6) is 1.86. The van der Waals surface area contributed by atoms with Gasteiger partial charge in [-0.3, -0.25) is 0 Å². The van der Waals surface area contributed by atoms with Crippen LogP contribution >= 0.6 is 0 Å². The topological polar surface area (TPSA) is 47.9 Å². The Labute approximate surface area is 106 Å². The van der Waals surface area contributed by atoms with Gasteiger partial charge < -0.3 is 19.3 Å². The maximum atomic E-state index is 9.83. The van der Waals surface area contributed by atoms with Gasteiger partial charge in [-0.05, 0) is 32.6 Å². The lowest BCUT2D eigenvalue weighted by molar-refractivity contribution is -0.00648. The number of phenols is 1. The van der Waals surface area contributed by atoms with Gasteiger partial charge in [-0.1, -0.05) is 0 Å². The molecular weight excluding hydrogens is 232 g/mol. The molecule has 3 rings (SSSR count). The number of rotatable bonds is 2. The lowest BCUT2D eigenvalue weighted by atomic mass is 9.93. The first-order valence-corrected chi connectivity index (χ1v) is 6.61. The molecular formula is C14H18O4. The van der Waals surface area contributed by atoms with E-state index in [1.54, 1.807) is 12.1 Å². The van der Waals surface area contributed by atoms with Gasteiger partial charge in [0, 0.05) is 12.1 Å². The molecule has 0 aromatic heterocycles. The van der Waals surface area contributed by atoms with Crippen LogP contribution in [0.5, 0.6) is 23.0 Å². The van der Waals surface area contributed by atoms with Gasteiger partial charge >= 0.3 is 0 Å². The van der Waals surface area contributed by atoms with Crippen molar-refractivity contribution in [2.45, 2.75) is 44.8 Å². The average Bonchev–Trinajstić information content (AvgIpc) is 2.38. The Balaban J connectivity index is 1.90. The second-order valence-electron chi connectivity index (χ2n) is 4.80. The summed E-state index contributed by atoms with van der Waals surface area (Å²) in [5.41, 5.74) is 0. The highest BCUT2D eigenvalue weighted by molar-refractivity contribution is 5.54. The number of aromatic hydroxyl groups is 1. The van der Waals surface area contributed by atoms with Crippen molar-refractivity contribution >= 4 is 0 Å². The fourth-order valence-corrected chi connectivity index (χ4v) is 2.64. The highest BCUT2D eigenvalue weighted by Crippen LogP contribution is 2.44. The molecule has 1 aliphatic heterocycles. The van der Waals surface area contributed by atoms with E-state index in [1.807, 2.05) is 6.92 Å². The van der Waals surface area contributed by atoms with E-state index < -0.39 is 0 Å². The zero-order chi connectivity index (χ0) is 12.5. The summed E-state index contributed by atoms with van der Waals surface area (Å²) in [6.45, 7) is 2.40. The monoisotopic (exact) mass is 250 g/mol. The van der Waals surface area contributed by atoms with Crippen LogP contribution in [-0.4, -0.2) is 23.9 Å². The van der Waals surface area contributed by atoms with Gasteiger partial charge in [-0.15, -0.1) is 0 Å². The minimum atomic E-state index is 0.105. The van der Waals surface area contributed by atoms with Crippen molar-refractivity contribution in [1.29, 1.82) is 0 Å². The first-order valence-electron chi connectivity index (χ1n) is 6.61. The fraction of sp³-hybridized carbons (Fsp3) is 0.571. The predicted octanol–water partition coefficient (Wildman–Crippen LogP) is 2.87. The lowest BCUT2D eigenvalue weighted by Gasteiger charge is -2.37. The summed E-state index contributed by atoms with van der Waals surface area (Å²) in [6, 6.07) is 3.31. The van der Waals surface area contributed by atoms with Crippen molar-refractivity contribution in [2.24, 2.45) is 0 Å². The normalized spacial score (nSPS) is 25.4. The standard InChI is InChI=1S/C14H18O4/c1-2-16-12-8-14-13(7-9(12)15)17-10-5-3-4-6-11(10)18-14/h7-8,10-11,15H,2-6H2,1H3/t10-,11-/m0/s1. The quantitative estimate of drug-likeness (QED) is 0.876. The SMILES string of the molecule is CCOc1cc2c(cc1O)O[C@H]1CCCC[C@@H]1O2. The van der Waals surface area contributed by atoms with E-state index in [1.165, 1.54) is 12.8 Å². The Kier molecular flexibility index (Phi) is 2.94. The van der Waals surface area contributed by atoms with Gasteiger partial charge in [0.25, 0.3) is 0 Å². The largest absolute Gasteiger partial charge is 0.504 e. The molecule has 1 fully saturated rings. The second-order valence-corrected chi connectivity index (χ2v) is 4.80. The Morgan fingerprint density at radius 1 is 1.17 bits per heavy atom. The molecule has 4 heteroatoms. The molecule has 1 heterocycles. The van der Waals surface area contributed by atoms with Crippen LogP contribution in [-0.2, 0) is 0 Å². The van der Waals surface area contributed by atoms with E-state index in [0.29, 0.717) is 23.9 Å². The summed E-state index contributed by atoms with van der Waals surface area (Å²) < 4.78 is 17.2. The van der Waals surface area contributed by atoms with Crippen LogP contribution in [0.3, 0.4) is 0 Å². The molecule has 1 N–H and O–H groups in total. The van der Waals surface area contributed by atoms with Gasteiger partial charge in [-0.25, -0.2) is 0 Å². The lowest BCUT2D eigenvalue weighted by Crippen LogP contribution is -2.41. The van der Waals surface area contributed by atoms with Crippen molar-refractivity contribution < 1.29 is 19.3 Å². The summed E-state index contributed by atoms with van der Waals surface area (Å²) in [7, 11) is 0. The highest BCUT2D eigenvalue weighted by atomic mass is 16.6. The van der Waals surface area contributed by atoms with E-state index in [0.717, 1.165) is 12.8 Å². The van der Waals surface area contributed by atoms with Crippen molar-refractivity contribution in [2.75, 3.05) is 6.61 Å². The van der Waals surface area contributed by atoms with Crippen LogP contribution in [0, 0.1) is 0 Å². The maximum Gasteiger partial charge on any atom is 0.165 e. The predicted molar refractivity (Wildman–Crippen MR) is 66.6 cm³/mol. The molecule has 1 aromatic rings. The first kappa shape index (κ1) is 11.5. The third-order valence-corrected chi connectivity index (χ3v) is 3.52. The van der Waals surface area contributed by atoms with Crippen molar-refractivity contribution in [1.82, 2.24) is 0 Å². The number of hydrogen-bond acceptors (Lipinski definition) is 4. The molecule has 18 heavy (non-hydrogen) atoms. The molecule has 0 amide bonds. The Morgan fingerprint density at radius 3 is 2.39 bits per heavy atom. The van der Waals surface area contributed by atoms with Crippen molar-refractivity contribution in [3.8, 4) is 23.0 Å². The molecule has 0 bridgehead atoms. The van der Waals surface area contributed by atoms with E-state index in [4.69, 9.17) is 14.2 Å². The fourth-order valence-electron chi connectivity index (χ4n) is 2.64. The number of fused-ring (bicyclic) bond motifs is 2. The molecule has 1 aromatic carbocycles. The number of phenolic OH excluding ortho intramolecular Hbond substituents is 1. The molecule has 0 unspecified atom stereocenters. The number of ether oxygens (including phenoxy) is 3. The molecule has 0 saturated heterocycles. The van der Waals surface area contributed by atoms with Crippen LogP contribution in [0.4, 0.5) is 0 Å². The van der Waals surface area contributed by atoms with Gasteiger partial charge in [0.1, 0.15) is 12.2 Å². The van der Waals surface area contributed by atoms with Crippen LogP contribution in [0.2, 0.25) is 0 Å². The molecule has 2 aliphatic rings. The van der Waals surface area contributed by atoms with Crippen LogP contribution in [0.15, 0.2) is 12.1 Å². The Bertz CT molecular complexity index is 444. The van der Waals surface area contributed by atoms with Crippen LogP contribution in [0.25, 0.3) is 0 Å². The van der Waals surface area contributed by atoms with Gasteiger partial charge in [-0.2, -0.15) is 0 Å². The smallest absolute Gasteiger partial charge is 0.165 e. The van der Waals surface area contributed by atoms with E-state index >= 15 is 0 Å². The summed E-state index contributed by atoms with van der Waals surface area (Å²) in [6.07, 6.45) is 4.71. The number of benzene rings is 1. The molecule has 0 spiro atoms. The third-order valence-electron chi connectivity index (χ3n) is 3.52. The Hall–Kier alpha value is -1.58. The van der Waals surface area contributed by atoms with Gasteiger partial charge in [0.2, 0.25) is 0 Å². The summed E-state index contributed by atoms with van der Waals surface area (Å²) in [4.78, 5) is 0. The average molecular weight is 250 g/mol. The number of hydrogen-bond donors (Lipinski definition) is 1. The first-order chi connectivity index (χ1) is 8.78. The molecule has 1 saturated carbocycles. The molecule has 0 radical (unpaired) electrons. The van der Waals surface area contributed by atoms with Crippen molar-refractivity contribution in [3.63, 3.8) is 0 Å². The van der Waals surface area contributed by atoms with E-state index in [9.17, 15) is 5.11 Å². The van der Waals surface area contributed by atoms with Gasteiger partial charge in [0.15, 0.2) is 23.0 Å². The Morgan fingerprint density at radius 2 is 1.78 bits per heavy atom. The van der Waals surface area contributed by atoms with E-state index in [-0.39, 0.29) is 18.0 Å². The minimum Gasteiger partial charge on any atom is -0.504 e. The molecule has 98 valence electrons. The maximum absolute atomic E-state index is 9.83. The zero-order valence-corrected chi connectivity index (χ0v) is 10.5. The van der Waals surface area contributed by atoms with E-state index in [2.05, 4.69) is 0 Å². The van der Waals surface area contributed by atoms with Gasteiger partial charge in [0.05, 0.1) is 6.61 Å². The summed E-state index contributed by atoms with van der Waals surface area (Å²) in [5, 5.41) is 9.83. The second kappa shape index (κ2) is 4.59. The zero-order valence-electron chi connectivity index (χ0n) is 10.5. The molecule has 1 aliphatic carbocycles. The highest BCUT2D eigenvalue weighted by Gasteiger charge is 2.34. The minimum absolute atomic E-state index is 0.105. The molecule has 4 nitrogen and oxygen atoms in total. The van der Waals surface area contributed by atoms with Crippen molar-refractivity contribution in [3.05, 3.63) is 12.1 Å². The van der Waals surface area contributed by atoms with Crippen LogP contribution in [0.1, 0.15) is 32.6 Å². The van der Waals surface area contributed by atoms with Crippen LogP contribution < -0.4 is 14.2 Å².